The Hall–Kier alpha value is -1.30. The quantitative estimate of drug-likeness (QED) is 0.823. The van der Waals surface area contributed by atoms with Crippen molar-refractivity contribution in [2.24, 2.45) is 11.7 Å². The second-order valence-corrected chi connectivity index (χ2v) is 4.96. The number of rotatable bonds is 3. The van der Waals surface area contributed by atoms with Crippen molar-refractivity contribution in [2.75, 3.05) is 26.2 Å². The molecule has 0 aromatic heterocycles. The second kappa shape index (κ2) is 7.20. The van der Waals surface area contributed by atoms with Crippen molar-refractivity contribution in [1.82, 2.24) is 4.90 Å². The fourth-order valence-electron chi connectivity index (χ4n) is 2.44. The summed E-state index contributed by atoms with van der Waals surface area (Å²) in [4.78, 5) is 2.45. The Morgan fingerprint density at radius 1 is 1.17 bits per heavy atom. The zero-order valence-corrected chi connectivity index (χ0v) is 10.9. The highest BCUT2D eigenvalue weighted by molar-refractivity contribution is 5.33. The van der Waals surface area contributed by atoms with E-state index < -0.39 is 0 Å². The molecule has 0 bridgehead atoms. The van der Waals surface area contributed by atoms with E-state index in [4.69, 9.17) is 5.73 Å². The van der Waals surface area contributed by atoms with Crippen molar-refractivity contribution in [1.29, 1.82) is 0 Å². The van der Waals surface area contributed by atoms with Crippen LogP contribution in [-0.4, -0.2) is 31.1 Å². The molecule has 2 N–H and O–H groups in total. The van der Waals surface area contributed by atoms with Gasteiger partial charge < -0.3 is 5.73 Å². The molecule has 1 aromatic carbocycles. The molecule has 1 aromatic rings. The SMILES string of the molecule is NCCC1CCN(CC#Cc2ccccc2)CC1. The van der Waals surface area contributed by atoms with Crippen molar-refractivity contribution < 1.29 is 0 Å². The third kappa shape index (κ3) is 4.18. The van der Waals surface area contributed by atoms with Crippen LogP contribution in [0.5, 0.6) is 0 Å². The van der Waals surface area contributed by atoms with Gasteiger partial charge in [0.1, 0.15) is 0 Å². The van der Waals surface area contributed by atoms with Crippen LogP contribution in [0.1, 0.15) is 24.8 Å². The molecule has 0 radical (unpaired) electrons. The molecule has 1 heterocycles. The largest absolute Gasteiger partial charge is 0.330 e. The van der Waals surface area contributed by atoms with Gasteiger partial charge in [0.05, 0.1) is 6.54 Å². The summed E-state index contributed by atoms with van der Waals surface area (Å²) in [5, 5.41) is 0. The van der Waals surface area contributed by atoms with E-state index >= 15 is 0 Å². The van der Waals surface area contributed by atoms with Gasteiger partial charge in [-0.05, 0) is 56.9 Å². The zero-order valence-electron chi connectivity index (χ0n) is 10.9. The molecule has 18 heavy (non-hydrogen) atoms. The van der Waals surface area contributed by atoms with Crippen LogP contribution in [0, 0.1) is 17.8 Å². The number of nitrogens with zero attached hydrogens (tertiary/aromatic N) is 1. The monoisotopic (exact) mass is 242 g/mol. The van der Waals surface area contributed by atoms with Crippen molar-refractivity contribution in [2.45, 2.75) is 19.3 Å². The van der Waals surface area contributed by atoms with Gasteiger partial charge in [0, 0.05) is 5.56 Å². The Morgan fingerprint density at radius 3 is 2.56 bits per heavy atom. The summed E-state index contributed by atoms with van der Waals surface area (Å²) in [6.07, 6.45) is 3.75. The average Bonchev–Trinajstić information content (AvgIpc) is 2.42. The summed E-state index contributed by atoms with van der Waals surface area (Å²) >= 11 is 0. The van der Waals surface area contributed by atoms with Crippen LogP contribution in [0.2, 0.25) is 0 Å². The fraction of sp³-hybridized carbons (Fsp3) is 0.500. The van der Waals surface area contributed by atoms with E-state index in [9.17, 15) is 0 Å². The standard InChI is InChI=1S/C16H22N2/c17-11-8-16-9-13-18(14-10-16)12-4-7-15-5-2-1-3-6-15/h1-3,5-6,16H,8-14,17H2. The summed E-state index contributed by atoms with van der Waals surface area (Å²) in [6, 6.07) is 10.2. The molecule has 0 aliphatic carbocycles. The summed E-state index contributed by atoms with van der Waals surface area (Å²) < 4.78 is 0. The first-order valence-electron chi connectivity index (χ1n) is 6.85. The number of nitrogens with two attached hydrogens (primary N) is 1. The lowest BCUT2D eigenvalue weighted by Gasteiger charge is -2.30. The first-order valence-corrected chi connectivity index (χ1v) is 6.85. The number of likely N-dealkylation sites (tertiary alicyclic amines) is 1. The highest BCUT2D eigenvalue weighted by Crippen LogP contribution is 2.19. The van der Waals surface area contributed by atoms with Gasteiger partial charge in [-0.15, -0.1) is 0 Å². The summed E-state index contributed by atoms with van der Waals surface area (Å²) in [7, 11) is 0. The molecule has 0 spiro atoms. The molecule has 1 saturated heterocycles. The topological polar surface area (TPSA) is 29.3 Å². The Kier molecular flexibility index (Phi) is 5.26. The highest BCUT2D eigenvalue weighted by atomic mass is 15.1. The third-order valence-corrected chi connectivity index (χ3v) is 3.59. The minimum atomic E-state index is 0.832. The van der Waals surface area contributed by atoms with Gasteiger partial charge in [0.25, 0.3) is 0 Å². The van der Waals surface area contributed by atoms with Crippen LogP contribution in [0.25, 0.3) is 0 Å². The van der Waals surface area contributed by atoms with Crippen LogP contribution >= 0.6 is 0 Å². The minimum Gasteiger partial charge on any atom is -0.330 e. The highest BCUT2D eigenvalue weighted by Gasteiger charge is 2.17. The maximum Gasteiger partial charge on any atom is 0.0605 e. The molecule has 96 valence electrons. The molecule has 0 atom stereocenters. The number of hydrogen-bond acceptors (Lipinski definition) is 2. The Morgan fingerprint density at radius 2 is 1.89 bits per heavy atom. The number of piperidine rings is 1. The van der Waals surface area contributed by atoms with E-state index in [0.717, 1.165) is 24.6 Å². The predicted octanol–water partition coefficient (Wildman–Crippen LogP) is 2.10. The van der Waals surface area contributed by atoms with Gasteiger partial charge in [-0.2, -0.15) is 0 Å². The Bertz CT molecular complexity index is 394. The lowest BCUT2D eigenvalue weighted by molar-refractivity contribution is 0.198. The van der Waals surface area contributed by atoms with Crippen LogP contribution < -0.4 is 5.73 Å². The van der Waals surface area contributed by atoms with Gasteiger partial charge in [0.15, 0.2) is 0 Å². The molecule has 0 amide bonds. The summed E-state index contributed by atoms with van der Waals surface area (Å²) in [5.74, 6) is 7.33. The maximum absolute atomic E-state index is 5.60. The van der Waals surface area contributed by atoms with Gasteiger partial charge in [-0.1, -0.05) is 30.0 Å². The van der Waals surface area contributed by atoms with Crippen molar-refractivity contribution in [3.63, 3.8) is 0 Å². The lowest BCUT2D eigenvalue weighted by atomic mass is 9.94. The molecular weight excluding hydrogens is 220 g/mol. The molecule has 2 heteroatoms. The predicted molar refractivity (Wildman–Crippen MR) is 76.2 cm³/mol. The van der Waals surface area contributed by atoms with E-state index in [2.05, 4.69) is 28.9 Å². The molecule has 1 aliphatic rings. The fourth-order valence-corrected chi connectivity index (χ4v) is 2.44. The minimum absolute atomic E-state index is 0.832. The second-order valence-electron chi connectivity index (χ2n) is 4.96. The first-order chi connectivity index (χ1) is 8.88. The van der Waals surface area contributed by atoms with Crippen molar-refractivity contribution >= 4 is 0 Å². The van der Waals surface area contributed by atoms with E-state index in [-0.39, 0.29) is 0 Å². The van der Waals surface area contributed by atoms with Crippen molar-refractivity contribution in [3.05, 3.63) is 35.9 Å². The molecule has 0 unspecified atom stereocenters. The molecule has 0 saturated carbocycles. The van der Waals surface area contributed by atoms with Crippen LogP contribution in [0.4, 0.5) is 0 Å². The van der Waals surface area contributed by atoms with E-state index in [1.54, 1.807) is 0 Å². The lowest BCUT2D eigenvalue weighted by Crippen LogP contribution is -2.34. The molecule has 1 aliphatic heterocycles. The van der Waals surface area contributed by atoms with Gasteiger partial charge in [0.2, 0.25) is 0 Å². The van der Waals surface area contributed by atoms with Gasteiger partial charge in [-0.25, -0.2) is 0 Å². The maximum atomic E-state index is 5.60. The average molecular weight is 242 g/mol. The number of benzene rings is 1. The first kappa shape index (κ1) is 13.1. The van der Waals surface area contributed by atoms with Crippen LogP contribution in [0.3, 0.4) is 0 Å². The van der Waals surface area contributed by atoms with Crippen LogP contribution in [-0.2, 0) is 0 Å². The molecular formula is C16H22N2. The molecule has 2 nitrogen and oxygen atoms in total. The Balaban J connectivity index is 1.74. The van der Waals surface area contributed by atoms with Crippen molar-refractivity contribution in [3.8, 4) is 11.8 Å². The normalized spacial score (nSPS) is 17.2. The van der Waals surface area contributed by atoms with E-state index in [0.29, 0.717) is 0 Å². The smallest absolute Gasteiger partial charge is 0.0605 e. The third-order valence-electron chi connectivity index (χ3n) is 3.59. The zero-order chi connectivity index (χ0) is 12.6. The van der Waals surface area contributed by atoms with Gasteiger partial charge in [-0.3, -0.25) is 4.90 Å². The number of hydrogen-bond donors (Lipinski definition) is 1. The van der Waals surface area contributed by atoms with Crippen LogP contribution in [0.15, 0.2) is 30.3 Å². The Labute approximate surface area is 110 Å². The summed E-state index contributed by atoms with van der Waals surface area (Å²) in [6.45, 7) is 4.07. The molecule has 2 rings (SSSR count). The van der Waals surface area contributed by atoms with Gasteiger partial charge >= 0.3 is 0 Å². The van der Waals surface area contributed by atoms with E-state index in [1.165, 1.54) is 32.4 Å². The van der Waals surface area contributed by atoms with E-state index in [1.807, 2.05) is 18.2 Å². The molecule has 1 fully saturated rings. The summed E-state index contributed by atoms with van der Waals surface area (Å²) in [5.41, 5.74) is 6.71.